The van der Waals surface area contributed by atoms with Crippen LogP contribution in [0.15, 0.2) is 24.3 Å². The van der Waals surface area contributed by atoms with E-state index in [0.29, 0.717) is 22.8 Å². The van der Waals surface area contributed by atoms with Crippen LogP contribution in [0.1, 0.15) is 21.8 Å². The Morgan fingerprint density at radius 3 is 2.14 bits per heavy atom. The summed E-state index contributed by atoms with van der Waals surface area (Å²) in [6.45, 7) is 0. The second kappa shape index (κ2) is 7.56. The molecule has 3 rings (SSSR count). The van der Waals surface area contributed by atoms with Crippen LogP contribution in [0.2, 0.25) is 0 Å². The molecule has 2 aromatic rings. The second-order valence-electron chi connectivity index (χ2n) is 5.96. The van der Waals surface area contributed by atoms with Crippen molar-refractivity contribution in [3.05, 3.63) is 35.4 Å². The highest BCUT2D eigenvalue weighted by Crippen LogP contribution is 2.49. The molecular weight excluding hydrogens is 366 g/mol. The largest absolute Gasteiger partial charge is 0.502 e. The third-order valence-corrected chi connectivity index (χ3v) is 4.59. The maximum atomic E-state index is 13.3. The predicted molar refractivity (Wildman–Crippen MR) is 97.9 cm³/mol. The number of Topliss-reactive ketones (excluding diaryl/α,β-unsaturated/α-hetero) is 1. The fraction of sp³-hybridized carbons (Fsp3) is 0.300. The molecule has 0 spiro atoms. The van der Waals surface area contributed by atoms with Crippen LogP contribution < -0.4 is 23.7 Å². The molecule has 0 saturated heterocycles. The molecule has 0 aliphatic carbocycles. The summed E-state index contributed by atoms with van der Waals surface area (Å²) in [6, 6.07) is 8.12. The zero-order chi connectivity index (χ0) is 20.4. The van der Waals surface area contributed by atoms with Crippen molar-refractivity contribution in [3.63, 3.8) is 0 Å². The zero-order valence-electron chi connectivity index (χ0n) is 15.8. The molecule has 2 atom stereocenters. The summed E-state index contributed by atoms with van der Waals surface area (Å²) < 4.78 is 26.5. The molecule has 8 nitrogen and oxygen atoms in total. The predicted octanol–water partition coefficient (Wildman–Crippen LogP) is 2.68. The molecule has 0 amide bonds. The van der Waals surface area contributed by atoms with Crippen molar-refractivity contribution in [2.24, 2.45) is 0 Å². The van der Waals surface area contributed by atoms with Crippen molar-refractivity contribution >= 4 is 5.78 Å². The maximum absolute atomic E-state index is 13.3. The number of fused-ring (bicyclic) bond motifs is 1. The molecule has 1 aliphatic heterocycles. The molecule has 0 aromatic heterocycles. The van der Waals surface area contributed by atoms with Gasteiger partial charge in [-0.1, -0.05) is 6.07 Å². The number of ether oxygens (including phenoxy) is 5. The van der Waals surface area contributed by atoms with E-state index in [1.165, 1.54) is 46.6 Å². The minimum atomic E-state index is -1.10. The SMILES string of the molecule is COc1ccc2c(c1O)OC(C#N)C2C(=O)c1cc(OC)c(OC)c(OC)c1. The fourth-order valence-corrected chi connectivity index (χ4v) is 3.24. The van der Waals surface area contributed by atoms with E-state index in [1.54, 1.807) is 6.07 Å². The van der Waals surface area contributed by atoms with Crippen molar-refractivity contribution in [1.82, 2.24) is 0 Å². The zero-order valence-corrected chi connectivity index (χ0v) is 15.8. The number of carbonyl (C=O) groups is 1. The second-order valence-corrected chi connectivity index (χ2v) is 5.96. The number of phenols is 1. The van der Waals surface area contributed by atoms with Gasteiger partial charge in [0.25, 0.3) is 0 Å². The average Bonchev–Trinajstić information content (AvgIpc) is 3.11. The lowest BCUT2D eigenvalue weighted by Gasteiger charge is -2.16. The molecule has 8 heteroatoms. The van der Waals surface area contributed by atoms with Gasteiger partial charge in [-0.25, -0.2) is 0 Å². The number of nitriles is 1. The van der Waals surface area contributed by atoms with Gasteiger partial charge in [0, 0.05) is 11.1 Å². The molecule has 0 saturated carbocycles. The van der Waals surface area contributed by atoms with Crippen LogP contribution >= 0.6 is 0 Å². The van der Waals surface area contributed by atoms with Gasteiger partial charge in [0.05, 0.1) is 28.4 Å². The average molecular weight is 385 g/mol. The number of benzene rings is 2. The van der Waals surface area contributed by atoms with Gasteiger partial charge in [0.1, 0.15) is 12.0 Å². The standard InChI is InChI=1S/C20H19NO7/c1-24-12-6-5-11-16(15(9-21)28-19(11)18(12)23)17(22)10-7-13(25-2)20(27-4)14(8-10)26-3/h5-8,15-16,23H,1-4H3. The number of rotatable bonds is 6. The normalized spacial score (nSPS) is 17.1. The van der Waals surface area contributed by atoms with Crippen molar-refractivity contribution in [2.45, 2.75) is 12.0 Å². The van der Waals surface area contributed by atoms with Gasteiger partial charge in [-0.2, -0.15) is 5.26 Å². The highest BCUT2D eigenvalue weighted by molar-refractivity contribution is 6.03. The molecule has 1 aliphatic rings. The molecule has 0 fully saturated rings. The van der Waals surface area contributed by atoms with E-state index in [1.807, 2.05) is 6.07 Å². The highest BCUT2D eigenvalue weighted by atomic mass is 16.5. The minimum Gasteiger partial charge on any atom is -0.502 e. The van der Waals surface area contributed by atoms with Gasteiger partial charge in [0.2, 0.25) is 11.5 Å². The number of ketones is 1. The first-order valence-corrected chi connectivity index (χ1v) is 8.31. The van der Waals surface area contributed by atoms with E-state index in [-0.39, 0.29) is 28.6 Å². The number of carbonyl (C=O) groups excluding carboxylic acids is 1. The maximum Gasteiger partial charge on any atom is 0.203 e. The summed E-state index contributed by atoms with van der Waals surface area (Å²) >= 11 is 0. The molecule has 28 heavy (non-hydrogen) atoms. The number of methoxy groups -OCH3 is 4. The van der Waals surface area contributed by atoms with E-state index in [0.717, 1.165) is 0 Å². The first-order valence-electron chi connectivity index (χ1n) is 8.31. The number of hydrogen-bond donors (Lipinski definition) is 1. The Morgan fingerprint density at radius 1 is 1.04 bits per heavy atom. The highest BCUT2D eigenvalue weighted by Gasteiger charge is 2.42. The number of nitrogens with zero attached hydrogens (tertiary/aromatic N) is 1. The molecular formula is C20H19NO7. The molecule has 146 valence electrons. The smallest absolute Gasteiger partial charge is 0.203 e. The van der Waals surface area contributed by atoms with Crippen LogP contribution in [0.4, 0.5) is 0 Å². The van der Waals surface area contributed by atoms with Crippen molar-refractivity contribution in [1.29, 1.82) is 5.26 Å². The Labute approximate surface area is 161 Å². The van der Waals surface area contributed by atoms with E-state index >= 15 is 0 Å². The van der Waals surface area contributed by atoms with Gasteiger partial charge in [-0.15, -0.1) is 0 Å². The van der Waals surface area contributed by atoms with Crippen LogP contribution in [0.25, 0.3) is 0 Å². The van der Waals surface area contributed by atoms with Crippen LogP contribution in [0.5, 0.6) is 34.5 Å². The van der Waals surface area contributed by atoms with Crippen LogP contribution in [0.3, 0.4) is 0 Å². The Kier molecular flexibility index (Phi) is 5.18. The minimum absolute atomic E-state index is 0.0664. The fourth-order valence-electron chi connectivity index (χ4n) is 3.24. The Balaban J connectivity index is 2.11. The first-order chi connectivity index (χ1) is 13.5. The molecule has 0 radical (unpaired) electrons. The van der Waals surface area contributed by atoms with Crippen molar-refractivity contribution < 1.29 is 33.6 Å². The molecule has 1 N–H and O–H groups in total. The molecule has 2 unspecified atom stereocenters. The van der Waals surface area contributed by atoms with E-state index in [4.69, 9.17) is 23.7 Å². The Bertz CT molecular complexity index is 939. The topological polar surface area (TPSA) is 107 Å². The Morgan fingerprint density at radius 2 is 1.64 bits per heavy atom. The van der Waals surface area contributed by atoms with Crippen LogP contribution in [-0.2, 0) is 0 Å². The first kappa shape index (κ1) is 19.2. The summed E-state index contributed by atoms with van der Waals surface area (Å²) in [5.74, 6) is -0.322. The lowest BCUT2D eigenvalue weighted by molar-refractivity contribution is 0.0924. The summed E-state index contributed by atoms with van der Waals surface area (Å²) in [6.07, 6.45) is -1.10. The summed E-state index contributed by atoms with van der Waals surface area (Å²) in [4.78, 5) is 13.3. The monoisotopic (exact) mass is 385 g/mol. The third-order valence-electron chi connectivity index (χ3n) is 4.59. The molecule has 0 bridgehead atoms. The van der Waals surface area contributed by atoms with Gasteiger partial charge >= 0.3 is 0 Å². The van der Waals surface area contributed by atoms with Crippen molar-refractivity contribution in [2.75, 3.05) is 28.4 Å². The number of hydrogen-bond acceptors (Lipinski definition) is 8. The van der Waals surface area contributed by atoms with Crippen LogP contribution in [0, 0.1) is 11.3 Å². The lowest BCUT2D eigenvalue weighted by Crippen LogP contribution is -2.24. The van der Waals surface area contributed by atoms with E-state index in [2.05, 4.69) is 0 Å². The molecule has 2 aromatic carbocycles. The third kappa shape index (κ3) is 2.91. The van der Waals surface area contributed by atoms with Gasteiger partial charge in [0.15, 0.2) is 34.9 Å². The summed E-state index contributed by atoms with van der Waals surface area (Å²) in [7, 11) is 5.76. The number of phenolic OH excluding ortho intramolecular Hbond substituents is 1. The Hall–Kier alpha value is -3.60. The quantitative estimate of drug-likeness (QED) is 0.757. The lowest BCUT2D eigenvalue weighted by atomic mass is 9.87. The van der Waals surface area contributed by atoms with Gasteiger partial charge in [-0.3, -0.25) is 4.79 Å². The summed E-state index contributed by atoms with van der Waals surface area (Å²) in [5.41, 5.74) is 0.662. The van der Waals surface area contributed by atoms with E-state index in [9.17, 15) is 15.2 Å². The van der Waals surface area contributed by atoms with Crippen molar-refractivity contribution in [3.8, 4) is 40.6 Å². The van der Waals surface area contributed by atoms with Crippen LogP contribution in [-0.4, -0.2) is 45.4 Å². The van der Waals surface area contributed by atoms with E-state index < -0.39 is 12.0 Å². The number of aromatic hydroxyl groups is 1. The molecule has 1 heterocycles. The van der Waals surface area contributed by atoms with Gasteiger partial charge < -0.3 is 28.8 Å². The van der Waals surface area contributed by atoms with Gasteiger partial charge in [-0.05, 0) is 18.2 Å². The summed E-state index contributed by atoms with van der Waals surface area (Å²) in [5, 5.41) is 19.8.